The van der Waals surface area contributed by atoms with Gasteiger partial charge in [0.05, 0.1) is 28.3 Å². The van der Waals surface area contributed by atoms with E-state index in [2.05, 4.69) is 25.5 Å². The van der Waals surface area contributed by atoms with Crippen molar-refractivity contribution in [2.45, 2.75) is 44.3 Å². The summed E-state index contributed by atoms with van der Waals surface area (Å²) in [7, 11) is 0. The third-order valence-corrected chi connectivity index (χ3v) is 6.39. The zero-order valence-electron chi connectivity index (χ0n) is 19.1. The topological polar surface area (TPSA) is 106 Å². The van der Waals surface area contributed by atoms with Crippen LogP contribution in [0.25, 0.3) is 10.9 Å². The summed E-state index contributed by atoms with van der Waals surface area (Å²) in [6.07, 6.45) is 0. The zero-order chi connectivity index (χ0) is 24.2. The lowest BCUT2D eigenvalue weighted by Gasteiger charge is -2.22. The standard InChI is InChI=1S/C24H25FN6O2S/c1-4-31-21(20(14(2)3)28-22(32)15-9-5-7-11-17(15)25)29-30-24(31)34-13-19-26-18-12-8-6-10-16(18)23(33)27-19/h5-12,14,20H,4,13H2,1-3H3,(H,28,32)(H,26,27,33)/t20-/m0/s1. The average molecular weight is 481 g/mol. The second-order valence-corrected chi connectivity index (χ2v) is 9.02. The van der Waals surface area contributed by atoms with Crippen molar-refractivity contribution in [1.29, 1.82) is 0 Å². The van der Waals surface area contributed by atoms with Gasteiger partial charge in [-0.25, -0.2) is 9.37 Å². The predicted molar refractivity (Wildman–Crippen MR) is 129 cm³/mol. The average Bonchev–Trinajstić information content (AvgIpc) is 3.23. The van der Waals surface area contributed by atoms with Gasteiger partial charge in [-0.15, -0.1) is 10.2 Å². The van der Waals surface area contributed by atoms with E-state index in [1.807, 2.05) is 31.4 Å². The largest absolute Gasteiger partial charge is 0.342 e. The number of carbonyl (C=O) groups excluding carboxylic acids is 1. The summed E-state index contributed by atoms with van der Waals surface area (Å²) < 4.78 is 16.0. The van der Waals surface area contributed by atoms with Crippen LogP contribution in [-0.2, 0) is 12.3 Å². The normalized spacial score (nSPS) is 12.3. The highest BCUT2D eigenvalue weighted by molar-refractivity contribution is 7.98. The van der Waals surface area contributed by atoms with Gasteiger partial charge in [0.25, 0.3) is 11.5 Å². The molecule has 0 spiro atoms. The molecule has 2 heterocycles. The first-order chi connectivity index (χ1) is 16.4. The minimum absolute atomic E-state index is 0.0124. The van der Waals surface area contributed by atoms with E-state index in [0.717, 1.165) is 0 Å². The van der Waals surface area contributed by atoms with E-state index in [-0.39, 0.29) is 17.0 Å². The number of aromatic amines is 1. The monoisotopic (exact) mass is 480 g/mol. The Morgan fingerprint density at radius 1 is 1.15 bits per heavy atom. The molecule has 0 unspecified atom stereocenters. The van der Waals surface area contributed by atoms with E-state index >= 15 is 0 Å². The molecule has 0 radical (unpaired) electrons. The molecule has 2 N–H and O–H groups in total. The van der Waals surface area contributed by atoms with Gasteiger partial charge in [-0.2, -0.15) is 0 Å². The number of para-hydroxylation sites is 1. The van der Waals surface area contributed by atoms with E-state index in [4.69, 9.17) is 0 Å². The highest BCUT2D eigenvalue weighted by Gasteiger charge is 2.27. The van der Waals surface area contributed by atoms with Crippen LogP contribution in [0.3, 0.4) is 0 Å². The molecule has 4 rings (SSSR count). The smallest absolute Gasteiger partial charge is 0.258 e. The Kier molecular flexibility index (Phi) is 7.06. The molecule has 10 heteroatoms. The first-order valence-electron chi connectivity index (χ1n) is 11.0. The van der Waals surface area contributed by atoms with Crippen LogP contribution in [-0.4, -0.2) is 30.6 Å². The van der Waals surface area contributed by atoms with E-state index in [1.165, 1.54) is 23.9 Å². The van der Waals surface area contributed by atoms with Crippen molar-refractivity contribution in [3.63, 3.8) is 0 Å². The van der Waals surface area contributed by atoms with E-state index in [9.17, 15) is 14.0 Å². The fourth-order valence-electron chi connectivity index (χ4n) is 3.66. The maximum Gasteiger partial charge on any atom is 0.258 e. The van der Waals surface area contributed by atoms with Gasteiger partial charge in [-0.05, 0) is 37.1 Å². The van der Waals surface area contributed by atoms with Crippen molar-refractivity contribution in [3.8, 4) is 0 Å². The summed E-state index contributed by atoms with van der Waals surface area (Å²) in [6, 6.07) is 12.6. The van der Waals surface area contributed by atoms with E-state index in [0.29, 0.717) is 40.0 Å². The minimum atomic E-state index is -0.576. The molecule has 34 heavy (non-hydrogen) atoms. The van der Waals surface area contributed by atoms with Crippen LogP contribution in [0.5, 0.6) is 0 Å². The molecule has 0 aliphatic rings. The molecule has 1 amide bonds. The van der Waals surface area contributed by atoms with Crippen LogP contribution in [0, 0.1) is 11.7 Å². The third kappa shape index (κ3) is 4.86. The summed E-state index contributed by atoms with van der Waals surface area (Å²) in [5, 5.41) is 12.8. The first kappa shape index (κ1) is 23.6. The van der Waals surface area contributed by atoms with Gasteiger partial charge < -0.3 is 14.9 Å². The molecule has 0 aliphatic carbocycles. The molecule has 0 fully saturated rings. The van der Waals surface area contributed by atoms with Crippen molar-refractivity contribution >= 4 is 28.6 Å². The van der Waals surface area contributed by atoms with Gasteiger partial charge in [0.2, 0.25) is 0 Å². The van der Waals surface area contributed by atoms with Crippen molar-refractivity contribution < 1.29 is 9.18 Å². The summed E-state index contributed by atoms with van der Waals surface area (Å²) in [5.74, 6) is 0.425. The Balaban J connectivity index is 1.56. The number of rotatable bonds is 8. The van der Waals surface area contributed by atoms with Crippen LogP contribution < -0.4 is 10.9 Å². The maximum atomic E-state index is 14.1. The molecule has 1 atom stereocenters. The third-order valence-electron chi connectivity index (χ3n) is 5.41. The van der Waals surface area contributed by atoms with Crippen molar-refractivity contribution in [2.24, 2.45) is 5.92 Å². The molecule has 8 nitrogen and oxygen atoms in total. The quantitative estimate of drug-likeness (QED) is 0.368. The summed E-state index contributed by atoms with van der Waals surface area (Å²) in [6.45, 7) is 6.45. The Bertz CT molecular complexity index is 1380. The molecule has 0 aliphatic heterocycles. The lowest BCUT2D eigenvalue weighted by molar-refractivity contribution is 0.0917. The Morgan fingerprint density at radius 2 is 1.88 bits per heavy atom. The number of fused-ring (bicyclic) bond motifs is 1. The fraction of sp³-hybridized carbons (Fsp3) is 0.292. The maximum absolute atomic E-state index is 14.1. The zero-order valence-corrected chi connectivity index (χ0v) is 19.9. The molecule has 0 saturated carbocycles. The van der Waals surface area contributed by atoms with Gasteiger partial charge in [0.15, 0.2) is 11.0 Å². The van der Waals surface area contributed by atoms with E-state index < -0.39 is 17.8 Å². The Labute approximate surface area is 200 Å². The number of aromatic nitrogens is 5. The van der Waals surface area contributed by atoms with Crippen LogP contribution in [0.1, 0.15) is 48.8 Å². The molecular formula is C24H25FN6O2S. The number of benzene rings is 2. The number of thioether (sulfide) groups is 1. The van der Waals surface area contributed by atoms with Crippen LogP contribution in [0.2, 0.25) is 0 Å². The van der Waals surface area contributed by atoms with Crippen molar-refractivity contribution in [2.75, 3.05) is 0 Å². The highest BCUT2D eigenvalue weighted by Crippen LogP contribution is 2.27. The number of amides is 1. The Morgan fingerprint density at radius 3 is 2.62 bits per heavy atom. The van der Waals surface area contributed by atoms with Crippen molar-refractivity contribution in [1.82, 2.24) is 30.0 Å². The van der Waals surface area contributed by atoms with E-state index in [1.54, 1.807) is 30.3 Å². The number of carbonyl (C=O) groups is 1. The molecule has 0 saturated heterocycles. The molecule has 0 bridgehead atoms. The minimum Gasteiger partial charge on any atom is -0.342 e. The SMILES string of the molecule is CCn1c(SCc2nc3ccccc3c(=O)[nH]2)nnc1[C@@H](NC(=O)c1ccccc1F)C(C)C. The van der Waals surface area contributed by atoms with Gasteiger partial charge in [0.1, 0.15) is 11.6 Å². The highest BCUT2D eigenvalue weighted by atomic mass is 32.2. The summed E-state index contributed by atoms with van der Waals surface area (Å²) in [5.41, 5.74) is 0.432. The van der Waals surface area contributed by atoms with Crippen LogP contribution >= 0.6 is 11.8 Å². The number of H-pyrrole nitrogens is 1. The number of hydrogen-bond donors (Lipinski definition) is 2. The van der Waals surface area contributed by atoms with Gasteiger partial charge in [-0.3, -0.25) is 9.59 Å². The van der Waals surface area contributed by atoms with Gasteiger partial charge >= 0.3 is 0 Å². The number of nitrogens with one attached hydrogen (secondary N) is 2. The summed E-state index contributed by atoms with van der Waals surface area (Å²) >= 11 is 1.39. The second kappa shape index (κ2) is 10.2. The lowest BCUT2D eigenvalue weighted by atomic mass is 10.0. The predicted octanol–water partition coefficient (Wildman–Crippen LogP) is 4.09. The number of hydrogen-bond acceptors (Lipinski definition) is 6. The van der Waals surface area contributed by atoms with Crippen LogP contribution in [0.15, 0.2) is 58.5 Å². The van der Waals surface area contributed by atoms with Gasteiger partial charge in [0, 0.05) is 6.54 Å². The summed E-state index contributed by atoms with van der Waals surface area (Å²) in [4.78, 5) is 32.4. The molecule has 4 aromatic rings. The Hall–Kier alpha value is -3.53. The van der Waals surface area contributed by atoms with Crippen LogP contribution in [0.4, 0.5) is 4.39 Å². The number of nitrogens with zero attached hydrogens (tertiary/aromatic N) is 4. The molecule has 2 aromatic carbocycles. The van der Waals surface area contributed by atoms with Crippen molar-refractivity contribution in [3.05, 3.63) is 81.9 Å². The fourth-order valence-corrected chi connectivity index (χ4v) is 4.54. The molecule has 2 aromatic heterocycles. The molecule has 176 valence electrons. The number of halogens is 1. The van der Waals surface area contributed by atoms with Gasteiger partial charge in [-0.1, -0.05) is 49.9 Å². The lowest BCUT2D eigenvalue weighted by Crippen LogP contribution is -2.34. The molecular weight excluding hydrogens is 455 g/mol. The first-order valence-corrected chi connectivity index (χ1v) is 12.0. The second-order valence-electron chi connectivity index (χ2n) is 8.08.